The van der Waals surface area contributed by atoms with Gasteiger partial charge in [0.1, 0.15) is 11.6 Å². The fourth-order valence-electron chi connectivity index (χ4n) is 3.00. The van der Waals surface area contributed by atoms with E-state index in [9.17, 15) is 8.78 Å². The maximum absolute atomic E-state index is 14.0. The first-order valence-electron chi connectivity index (χ1n) is 8.88. The molecule has 8 heteroatoms. The Morgan fingerprint density at radius 2 is 2.04 bits per heavy atom. The normalized spacial score (nSPS) is 15.4. The Balaban J connectivity index is 1.59. The molecule has 0 atom stereocenters. The van der Waals surface area contributed by atoms with E-state index >= 15 is 0 Å². The number of piperazine rings is 1. The van der Waals surface area contributed by atoms with Crippen molar-refractivity contribution in [2.45, 2.75) is 13.5 Å². The number of nitrogens with zero attached hydrogens (tertiary/aromatic N) is 5. The summed E-state index contributed by atoms with van der Waals surface area (Å²) in [5.74, 6) is 0.0380. The van der Waals surface area contributed by atoms with Crippen molar-refractivity contribution in [2.24, 2.45) is 4.99 Å². The topological polar surface area (TPSA) is 48.7 Å². The van der Waals surface area contributed by atoms with E-state index in [0.29, 0.717) is 38.4 Å². The van der Waals surface area contributed by atoms with Crippen molar-refractivity contribution in [3.05, 3.63) is 48.3 Å². The minimum Gasteiger partial charge on any atom is -0.366 e. The van der Waals surface area contributed by atoms with Crippen LogP contribution in [0.2, 0.25) is 0 Å². The summed E-state index contributed by atoms with van der Waals surface area (Å²) in [5.41, 5.74) is 0.324. The third kappa shape index (κ3) is 4.50. The van der Waals surface area contributed by atoms with Crippen LogP contribution in [0.15, 0.2) is 41.7 Å². The van der Waals surface area contributed by atoms with Crippen LogP contribution in [0.25, 0.3) is 0 Å². The zero-order valence-corrected chi connectivity index (χ0v) is 14.9. The molecule has 1 aliphatic heterocycles. The van der Waals surface area contributed by atoms with Gasteiger partial charge in [0.25, 0.3) is 0 Å². The molecule has 140 valence electrons. The molecular formula is C18H24F2N6. The van der Waals surface area contributed by atoms with Gasteiger partial charge in [0.2, 0.25) is 0 Å². The average molecular weight is 362 g/mol. The summed E-state index contributed by atoms with van der Waals surface area (Å²) in [6.07, 6.45) is 3.66. The monoisotopic (exact) mass is 362 g/mol. The Bertz CT molecular complexity index is 723. The zero-order valence-electron chi connectivity index (χ0n) is 14.9. The Hall–Kier alpha value is -2.64. The highest BCUT2D eigenvalue weighted by Crippen LogP contribution is 2.21. The fraction of sp³-hybridized carbons (Fsp3) is 0.444. The summed E-state index contributed by atoms with van der Waals surface area (Å²) >= 11 is 0. The maximum atomic E-state index is 14.0. The molecule has 1 aromatic carbocycles. The Labute approximate surface area is 152 Å². The molecule has 2 heterocycles. The second-order valence-corrected chi connectivity index (χ2v) is 6.07. The van der Waals surface area contributed by atoms with Crippen molar-refractivity contribution in [1.29, 1.82) is 0 Å². The lowest BCUT2D eigenvalue weighted by Gasteiger charge is -2.37. The van der Waals surface area contributed by atoms with Crippen LogP contribution in [0.3, 0.4) is 0 Å². The number of guanidine groups is 1. The molecule has 3 rings (SSSR count). The molecule has 26 heavy (non-hydrogen) atoms. The highest BCUT2D eigenvalue weighted by molar-refractivity contribution is 5.80. The van der Waals surface area contributed by atoms with Gasteiger partial charge in [-0.15, -0.1) is 0 Å². The molecule has 1 aliphatic rings. The highest BCUT2D eigenvalue weighted by atomic mass is 19.1. The third-order valence-electron chi connectivity index (χ3n) is 4.31. The number of anilines is 1. The second kappa shape index (κ2) is 8.64. The number of aliphatic imine (C=N–C) groups is 1. The van der Waals surface area contributed by atoms with E-state index in [0.717, 1.165) is 25.1 Å². The van der Waals surface area contributed by atoms with Crippen molar-refractivity contribution in [3.8, 4) is 0 Å². The molecule has 0 aliphatic carbocycles. The number of halogens is 2. The first-order valence-corrected chi connectivity index (χ1v) is 8.88. The first kappa shape index (κ1) is 18.2. The van der Waals surface area contributed by atoms with Crippen LogP contribution in [-0.2, 0) is 6.54 Å². The number of nitrogens with one attached hydrogen (secondary N) is 1. The largest absolute Gasteiger partial charge is 0.366 e. The first-order chi connectivity index (χ1) is 12.7. The molecule has 0 spiro atoms. The fourth-order valence-corrected chi connectivity index (χ4v) is 3.00. The van der Waals surface area contributed by atoms with E-state index < -0.39 is 5.82 Å². The van der Waals surface area contributed by atoms with Crippen molar-refractivity contribution < 1.29 is 8.78 Å². The molecule has 1 N–H and O–H groups in total. The lowest BCUT2D eigenvalue weighted by molar-refractivity contribution is 0.370. The van der Waals surface area contributed by atoms with Crippen LogP contribution in [-0.4, -0.2) is 59.9 Å². The Morgan fingerprint density at radius 3 is 2.73 bits per heavy atom. The summed E-state index contributed by atoms with van der Waals surface area (Å²) in [4.78, 5) is 8.69. The molecule has 1 saturated heterocycles. The summed E-state index contributed by atoms with van der Waals surface area (Å²) in [6, 6.07) is 5.47. The Morgan fingerprint density at radius 1 is 1.23 bits per heavy atom. The molecule has 0 bridgehead atoms. The van der Waals surface area contributed by atoms with Gasteiger partial charge >= 0.3 is 0 Å². The third-order valence-corrected chi connectivity index (χ3v) is 4.31. The molecule has 1 fully saturated rings. The molecule has 2 aromatic rings. The molecular weight excluding hydrogens is 338 g/mol. The van der Waals surface area contributed by atoms with Gasteiger partial charge in [0.05, 0.1) is 18.8 Å². The quantitative estimate of drug-likeness (QED) is 0.652. The van der Waals surface area contributed by atoms with Crippen LogP contribution in [0.4, 0.5) is 14.5 Å². The van der Waals surface area contributed by atoms with Gasteiger partial charge in [-0.3, -0.25) is 9.67 Å². The summed E-state index contributed by atoms with van der Waals surface area (Å²) in [5, 5.41) is 7.47. The number of aromatic nitrogens is 2. The lowest BCUT2D eigenvalue weighted by Crippen LogP contribution is -2.52. The number of benzene rings is 1. The van der Waals surface area contributed by atoms with Crippen LogP contribution in [0.5, 0.6) is 0 Å². The van der Waals surface area contributed by atoms with Gasteiger partial charge in [-0.1, -0.05) is 0 Å². The standard InChI is InChI=1S/C18H24F2N6/c1-2-21-18(22-7-9-26-8-3-6-23-26)25-12-10-24(11-13-25)17-14-15(19)4-5-16(17)20/h3-6,8,14H,2,7,9-13H2,1H3,(H,21,22). The van der Waals surface area contributed by atoms with Crippen LogP contribution < -0.4 is 10.2 Å². The van der Waals surface area contributed by atoms with E-state index in [2.05, 4.69) is 20.3 Å². The number of hydrogen-bond donors (Lipinski definition) is 1. The number of rotatable bonds is 5. The van der Waals surface area contributed by atoms with Crippen molar-refractivity contribution >= 4 is 11.6 Å². The van der Waals surface area contributed by atoms with Gasteiger partial charge in [-0.25, -0.2) is 8.78 Å². The lowest BCUT2D eigenvalue weighted by atomic mass is 10.2. The average Bonchev–Trinajstić information content (AvgIpc) is 3.17. The molecule has 0 saturated carbocycles. The molecule has 0 unspecified atom stereocenters. The van der Waals surface area contributed by atoms with Gasteiger partial charge in [0.15, 0.2) is 5.96 Å². The van der Waals surface area contributed by atoms with Crippen molar-refractivity contribution in [2.75, 3.05) is 44.2 Å². The molecule has 6 nitrogen and oxygen atoms in total. The van der Waals surface area contributed by atoms with E-state index in [1.807, 2.05) is 28.8 Å². The smallest absolute Gasteiger partial charge is 0.194 e. The van der Waals surface area contributed by atoms with Gasteiger partial charge in [-0.2, -0.15) is 5.10 Å². The van der Waals surface area contributed by atoms with Crippen molar-refractivity contribution in [3.63, 3.8) is 0 Å². The predicted molar refractivity (Wildman–Crippen MR) is 98.3 cm³/mol. The van der Waals surface area contributed by atoms with Crippen LogP contribution in [0.1, 0.15) is 6.92 Å². The minimum atomic E-state index is -0.419. The Kier molecular flexibility index (Phi) is 6.04. The van der Waals surface area contributed by atoms with Crippen molar-refractivity contribution in [1.82, 2.24) is 20.0 Å². The van der Waals surface area contributed by atoms with Crippen LogP contribution in [0, 0.1) is 11.6 Å². The van der Waals surface area contributed by atoms with Crippen LogP contribution >= 0.6 is 0 Å². The van der Waals surface area contributed by atoms with E-state index in [1.54, 1.807) is 6.20 Å². The van der Waals surface area contributed by atoms with E-state index in [-0.39, 0.29) is 5.82 Å². The number of hydrogen-bond acceptors (Lipinski definition) is 3. The molecule has 1 aromatic heterocycles. The minimum absolute atomic E-state index is 0.324. The SMILES string of the molecule is CCNC(=NCCn1cccn1)N1CCN(c2cc(F)ccc2F)CC1. The van der Waals surface area contributed by atoms with Gasteiger partial charge in [0, 0.05) is 51.2 Å². The molecule has 0 amide bonds. The zero-order chi connectivity index (χ0) is 18.4. The van der Waals surface area contributed by atoms with E-state index in [4.69, 9.17) is 0 Å². The second-order valence-electron chi connectivity index (χ2n) is 6.07. The predicted octanol–water partition coefficient (Wildman–Crippen LogP) is 1.95. The summed E-state index contributed by atoms with van der Waals surface area (Å²) in [6.45, 7) is 6.78. The maximum Gasteiger partial charge on any atom is 0.194 e. The van der Waals surface area contributed by atoms with Gasteiger partial charge < -0.3 is 15.1 Å². The van der Waals surface area contributed by atoms with Gasteiger partial charge in [-0.05, 0) is 25.1 Å². The summed E-state index contributed by atoms with van der Waals surface area (Å²) < 4.78 is 29.2. The molecule has 0 radical (unpaired) electrons. The highest BCUT2D eigenvalue weighted by Gasteiger charge is 2.22. The summed E-state index contributed by atoms with van der Waals surface area (Å²) in [7, 11) is 0. The van der Waals surface area contributed by atoms with E-state index in [1.165, 1.54) is 12.1 Å².